The molecule has 2 rings (SSSR count). The second-order valence-corrected chi connectivity index (χ2v) is 5.65. The lowest BCUT2D eigenvalue weighted by Crippen LogP contribution is -2.11. The first-order chi connectivity index (χ1) is 7.52. The van der Waals surface area contributed by atoms with Crippen molar-refractivity contribution < 1.29 is 4.79 Å². The third kappa shape index (κ3) is 1.77. The molecule has 2 aliphatic rings. The van der Waals surface area contributed by atoms with Crippen molar-refractivity contribution in [1.29, 1.82) is 0 Å². The van der Waals surface area contributed by atoms with E-state index in [-0.39, 0.29) is 0 Å². The van der Waals surface area contributed by atoms with Gasteiger partial charge in [0, 0.05) is 12.0 Å². The zero-order chi connectivity index (χ0) is 11.9. The first kappa shape index (κ1) is 11.6. The smallest absolute Gasteiger partial charge is 0.163 e. The number of ketones is 1. The van der Waals surface area contributed by atoms with Gasteiger partial charge in [0.2, 0.25) is 0 Å². The van der Waals surface area contributed by atoms with Crippen LogP contribution in [0.2, 0.25) is 0 Å². The molecule has 0 N–H and O–H groups in total. The molecule has 0 saturated heterocycles. The van der Waals surface area contributed by atoms with Gasteiger partial charge in [0.25, 0.3) is 0 Å². The molecular weight excluding hydrogens is 196 g/mol. The number of carbonyl (C=O) groups is 1. The summed E-state index contributed by atoms with van der Waals surface area (Å²) in [6.45, 7) is 8.69. The summed E-state index contributed by atoms with van der Waals surface area (Å²) in [5, 5.41) is 0. The maximum atomic E-state index is 12.2. The van der Waals surface area contributed by atoms with E-state index in [0.717, 1.165) is 18.4 Å². The highest BCUT2D eigenvalue weighted by atomic mass is 16.1. The monoisotopic (exact) mass is 218 g/mol. The molecule has 1 fully saturated rings. The molecule has 0 bridgehead atoms. The quantitative estimate of drug-likeness (QED) is 0.561. The van der Waals surface area contributed by atoms with Crippen LogP contribution >= 0.6 is 0 Å². The normalized spacial score (nSPS) is 30.5. The van der Waals surface area contributed by atoms with E-state index in [2.05, 4.69) is 27.7 Å². The molecular formula is C15H22O. The standard InChI is InChI=1S/C15H22O/c1-9(2)14-13(16)8-6-10(3)12-7-5-11(4)15(12)14/h10,12H,5-8H2,1-4H3. The lowest BCUT2D eigenvalue weighted by Gasteiger charge is -2.20. The Kier molecular flexibility index (Phi) is 3.05. The van der Waals surface area contributed by atoms with Gasteiger partial charge in [-0.1, -0.05) is 18.1 Å². The van der Waals surface area contributed by atoms with E-state index in [1.807, 2.05) is 0 Å². The van der Waals surface area contributed by atoms with Gasteiger partial charge in [-0.25, -0.2) is 0 Å². The first-order valence-electron chi connectivity index (χ1n) is 6.43. The average Bonchev–Trinajstić information content (AvgIpc) is 2.51. The zero-order valence-electron chi connectivity index (χ0n) is 10.9. The summed E-state index contributed by atoms with van der Waals surface area (Å²) in [7, 11) is 0. The topological polar surface area (TPSA) is 17.1 Å². The molecule has 0 amide bonds. The van der Waals surface area contributed by atoms with Gasteiger partial charge >= 0.3 is 0 Å². The summed E-state index contributed by atoms with van der Waals surface area (Å²) < 4.78 is 0. The van der Waals surface area contributed by atoms with Crippen molar-refractivity contribution in [3.8, 4) is 0 Å². The summed E-state index contributed by atoms with van der Waals surface area (Å²) in [6.07, 6.45) is 4.26. The number of allylic oxidation sites excluding steroid dienone is 4. The molecule has 2 unspecified atom stereocenters. The predicted octanol–water partition coefficient (Wildman–Crippen LogP) is 4.05. The van der Waals surface area contributed by atoms with Crippen molar-refractivity contribution in [1.82, 2.24) is 0 Å². The number of hydrogen-bond acceptors (Lipinski definition) is 1. The van der Waals surface area contributed by atoms with Crippen LogP contribution in [-0.2, 0) is 4.79 Å². The summed E-state index contributed by atoms with van der Waals surface area (Å²) in [5.74, 6) is 1.70. The lowest BCUT2D eigenvalue weighted by atomic mass is 9.84. The fourth-order valence-electron chi connectivity index (χ4n) is 3.32. The second-order valence-electron chi connectivity index (χ2n) is 5.65. The number of Topliss-reactive ketones (excluding diaryl/α,β-unsaturated/α-hetero) is 1. The van der Waals surface area contributed by atoms with Crippen molar-refractivity contribution in [3.63, 3.8) is 0 Å². The van der Waals surface area contributed by atoms with Crippen LogP contribution in [0, 0.1) is 11.8 Å². The van der Waals surface area contributed by atoms with Crippen molar-refractivity contribution in [3.05, 3.63) is 22.3 Å². The molecule has 88 valence electrons. The molecule has 0 radical (unpaired) electrons. The van der Waals surface area contributed by atoms with E-state index < -0.39 is 0 Å². The molecule has 0 aliphatic heterocycles. The second kappa shape index (κ2) is 4.20. The Morgan fingerprint density at radius 3 is 2.50 bits per heavy atom. The van der Waals surface area contributed by atoms with Gasteiger partial charge < -0.3 is 0 Å². The van der Waals surface area contributed by atoms with Crippen LogP contribution in [0.15, 0.2) is 22.3 Å². The van der Waals surface area contributed by atoms with E-state index in [1.54, 1.807) is 0 Å². The van der Waals surface area contributed by atoms with Crippen LogP contribution < -0.4 is 0 Å². The number of hydrogen-bond donors (Lipinski definition) is 0. The SMILES string of the molecule is CC(C)=C1C(=O)CCC(C)C2CCC(C)=C12. The van der Waals surface area contributed by atoms with Crippen LogP contribution in [0.4, 0.5) is 0 Å². The van der Waals surface area contributed by atoms with E-state index in [4.69, 9.17) is 0 Å². The number of fused-ring (bicyclic) bond motifs is 1. The van der Waals surface area contributed by atoms with E-state index in [0.29, 0.717) is 17.6 Å². The highest BCUT2D eigenvalue weighted by molar-refractivity contribution is 6.01. The van der Waals surface area contributed by atoms with Crippen molar-refractivity contribution in [2.45, 2.75) is 53.4 Å². The molecule has 1 nitrogen and oxygen atoms in total. The molecule has 0 aromatic heterocycles. The van der Waals surface area contributed by atoms with Crippen molar-refractivity contribution in [2.24, 2.45) is 11.8 Å². The summed E-state index contributed by atoms with van der Waals surface area (Å²) in [6, 6.07) is 0. The van der Waals surface area contributed by atoms with Gasteiger partial charge in [-0.05, 0) is 57.4 Å². The third-order valence-electron chi connectivity index (χ3n) is 4.22. The number of rotatable bonds is 0. The van der Waals surface area contributed by atoms with E-state index in [9.17, 15) is 4.79 Å². The number of carbonyl (C=O) groups excluding carboxylic acids is 1. The Balaban J connectivity index is 2.55. The average molecular weight is 218 g/mol. The van der Waals surface area contributed by atoms with Crippen LogP contribution in [0.5, 0.6) is 0 Å². The van der Waals surface area contributed by atoms with Gasteiger partial charge in [0.05, 0.1) is 0 Å². The molecule has 2 atom stereocenters. The molecule has 1 saturated carbocycles. The summed E-state index contributed by atoms with van der Waals surface area (Å²) in [5.41, 5.74) is 5.16. The molecule has 2 aliphatic carbocycles. The fourth-order valence-corrected chi connectivity index (χ4v) is 3.32. The minimum Gasteiger partial charge on any atom is -0.294 e. The Morgan fingerprint density at radius 2 is 1.88 bits per heavy atom. The van der Waals surface area contributed by atoms with Crippen LogP contribution in [0.3, 0.4) is 0 Å². The predicted molar refractivity (Wildman–Crippen MR) is 67.2 cm³/mol. The van der Waals surface area contributed by atoms with Crippen molar-refractivity contribution >= 4 is 5.78 Å². The van der Waals surface area contributed by atoms with Gasteiger partial charge in [-0.3, -0.25) is 4.79 Å². The largest absolute Gasteiger partial charge is 0.294 e. The summed E-state index contributed by atoms with van der Waals surface area (Å²) in [4.78, 5) is 12.2. The molecule has 1 heteroatoms. The van der Waals surface area contributed by atoms with Gasteiger partial charge in [0.1, 0.15) is 0 Å². The fraction of sp³-hybridized carbons (Fsp3) is 0.667. The maximum Gasteiger partial charge on any atom is 0.163 e. The van der Waals surface area contributed by atoms with Crippen LogP contribution in [-0.4, -0.2) is 5.78 Å². The zero-order valence-corrected chi connectivity index (χ0v) is 10.9. The van der Waals surface area contributed by atoms with E-state index >= 15 is 0 Å². The maximum absolute atomic E-state index is 12.2. The van der Waals surface area contributed by atoms with E-state index in [1.165, 1.54) is 29.6 Å². The van der Waals surface area contributed by atoms with Gasteiger partial charge in [-0.2, -0.15) is 0 Å². The third-order valence-corrected chi connectivity index (χ3v) is 4.22. The molecule has 0 aromatic rings. The Labute approximate surface area is 98.6 Å². The minimum atomic E-state index is 0.380. The van der Waals surface area contributed by atoms with Crippen LogP contribution in [0.25, 0.3) is 0 Å². The van der Waals surface area contributed by atoms with Gasteiger partial charge in [0.15, 0.2) is 5.78 Å². The first-order valence-corrected chi connectivity index (χ1v) is 6.43. The molecule has 0 heterocycles. The molecule has 16 heavy (non-hydrogen) atoms. The van der Waals surface area contributed by atoms with Crippen LogP contribution in [0.1, 0.15) is 53.4 Å². The highest BCUT2D eigenvalue weighted by Crippen LogP contribution is 2.45. The molecule has 0 aromatic carbocycles. The Morgan fingerprint density at radius 1 is 1.19 bits per heavy atom. The Bertz CT molecular complexity index is 380. The lowest BCUT2D eigenvalue weighted by molar-refractivity contribution is -0.115. The summed E-state index contributed by atoms with van der Waals surface area (Å²) >= 11 is 0. The van der Waals surface area contributed by atoms with Gasteiger partial charge in [-0.15, -0.1) is 0 Å². The highest BCUT2D eigenvalue weighted by Gasteiger charge is 2.35. The van der Waals surface area contributed by atoms with Crippen molar-refractivity contribution in [2.75, 3.05) is 0 Å². The minimum absolute atomic E-state index is 0.380. The Hall–Kier alpha value is -0.850. The molecule has 0 spiro atoms.